The first-order chi connectivity index (χ1) is 19.4. The van der Waals surface area contributed by atoms with Gasteiger partial charge in [0.2, 0.25) is 5.91 Å². The Hall–Kier alpha value is -5.02. The van der Waals surface area contributed by atoms with Gasteiger partial charge in [0.05, 0.1) is 18.9 Å². The van der Waals surface area contributed by atoms with Crippen LogP contribution in [0.2, 0.25) is 0 Å². The third-order valence-corrected chi connectivity index (χ3v) is 6.00. The summed E-state index contributed by atoms with van der Waals surface area (Å²) < 4.78 is 11.4. The van der Waals surface area contributed by atoms with Crippen molar-refractivity contribution in [1.82, 2.24) is 5.43 Å². The molecule has 0 spiro atoms. The van der Waals surface area contributed by atoms with E-state index in [1.54, 1.807) is 79.9 Å². The molecule has 0 unspecified atom stereocenters. The number of ether oxygens (including phenoxy) is 2. The number of carbonyl (C=O) groups excluding carboxylic acids is 3. The van der Waals surface area contributed by atoms with Gasteiger partial charge in [-0.05, 0) is 78.4 Å². The fraction of sp³-hybridized carbons (Fsp3) is 0.0323. The Morgan fingerprint density at radius 1 is 0.850 bits per heavy atom. The molecule has 4 rings (SSSR count). The molecule has 0 atom stereocenters. The highest BCUT2D eigenvalue weighted by Gasteiger charge is 2.12. The number of esters is 1. The normalized spacial score (nSPS) is 10.8. The first-order valence-electron chi connectivity index (χ1n) is 12.0. The van der Waals surface area contributed by atoms with Crippen molar-refractivity contribution < 1.29 is 23.9 Å². The molecule has 40 heavy (non-hydrogen) atoms. The van der Waals surface area contributed by atoms with Gasteiger partial charge in [0.1, 0.15) is 11.5 Å². The number of hydrogen-bond donors (Lipinski definition) is 2. The molecule has 9 heteroatoms. The molecule has 0 heterocycles. The number of halogens is 1. The highest BCUT2D eigenvalue weighted by Crippen LogP contribution is 2.23. The summed E-state index contributed by atoms with van der Waals surface area (Å²) >= 11 is 3.39. The van der Waals surface area contributed by atoms with Crippen molar-refractivity contribution in [3.8, 4) is 11.5 Å². The molecule has 0 saturated carbocycles. The molecule has 0 bridgehead atoms. The van der Waals surface area contributed by atoms with Crippen LogP contribution in [-0.4, -0.2) is 31.1 Å². The summed E-state index contributed by atoms with van der Waals surface area (Å²) in [7, 11) is 1.54. The fourth-order valence-corrected chi connectivity index (χ4v) is 3.83. The van der Waals surface area contributed by atoms with Crippen LogP contribution in [0.1, 0.15) is 31.8 Å². The number of hydrogen-bond acceptors (Lipinski definition) is 6. The monoisotopic (exact) mass is 597 g/mol. The number of amides is 2. The van der Waals surface area contributed by atoms with Gasteiger partial charge < -0.3 is 14.8 Å². The lowest BCUT2D eigenvalue weighted by Gasteiger charge is -2.09. The van der Waals surface area contributed by atoms with E-state index in [1.165, 1.54) is 12.3 Å². The lowest BCUT2D eigenvalue weighted by atomic mass is 10.2. The number of methoxy groups -OCH3 is 1. The first kappa shape index (κ1) is 28.0. The van der Waals surface area contributed by atoms with Crippen LogP contribution < -0.4 is 20.2 Å². The van der Waals surface area contributed by atoms with Crippen LogP contribution >= 0.6 is 15.9 Å². The molecule has 0 aromatic heterocycles. The largest absolute Gasteiger partial charge is 0.497 e. The molecular weight excluding hydrogens is 574 g/mol. The van der Waals surface area contributed by atoms with E-state index in [1.807, 2.05) is 30.3 Å². The third kappa shape index (κ3) is 7.99. The number of carbonyl (C=O) groups is 3. The van der Waals surface area contributed by atoms with Crippen LogP contribution in [0.15, 0.2) is 113 Å². The summed E-state index contributed by atoms with van der Waals surface area (Å²) in [6.45, 7) is 0. The Morgan fingerprint density at radius 2 is 1.55 bits per heavy atom. The van der Waals surface area contributed by atoms with Gasteiger partial charge in [0, 0.05) is 27.4 Å². The van der Waals surface area contributed by atoms with Crippen molar-refractivity contribution >= 4 is 51.7 Å². The molecule has 8 nitrogen and oxygen atoms in total. The lowest BCUT2D eigenvalue weighted by Crippen LogP contribution is -2.18. The number of anilines is 1. The molecular formula is C31H24BrN3O5. The molecule has 4 aromatic carbocycles. The van der Waals surface area contributed by atoms with Gasteiger partial charge in [0.15, 0.2) is 0 Å². The van der Waals surface area contributed by atoms with Gasteiger partial charge in [-0.15, -0.1) is 0 Å². The van der Waals surface area contributed by atoms with Crippen LogP contribution in [0.4, 0.5) is 5.69 Å². The molecule has 4 aromatic rings. The molecule has 0 aliphatic carbocycles. The van der Waals surface area contributed by atoms with Gasteiger partial charge in [-0.1, -0.05) is 46.3 Å². The summed E-state index contributed by atoms with van der Waals surface area (Å²) in [6, 6.07) is 27.5. The topological polar surface area (TPSA) is 106 Å². The van der Waals surface area contributed by atoms with Gasteiger partial charge >= 0.3 is 5.97 Å². The van der Waals surface area contributed by atoms with Crippen molar-refractivity contribution in [2.24, 2.45) is 5.10 Å². The van der Waals surface area contributed by atoms with Crippen molar-refractivity contribution in [2.75, 3.05) is 12.4 Å². The second-order valence-corrected chi connectivity index (χ2v) is 9.23. The van der Waals surface area contributed by atoms with Crippen LogP contribution in [-0.2, 0) is 4.79 Å². The quantitative estimate of drug-likeness (QED) is 0.0798. The Morgan fingerprint density at radius 3 is 2.25 bits per heavy atom. The second-order valence-electron chi connectivity index (χ2n) is 8.31. The maximum atomic E-state index is 12.6. The Balaban J connectivity index is 1.35. The summed E-state index contributed by atoms with van der Waals surface area (Å²) in [5.41, 5.74) is 5.07. The second kappa shape index (κ2) is 13.7. The Bertz CT molecular complexity index is 1550. The smallest absolute Gasteiger partial charge is 0.343 e. The summed E-state index contributed by atoms with van der Waals surface area (Å²) in [5, 5.41) is 6.76. The summed E-state index contributed by atoms with van der Waals surface area (Å²) in [6.07, 6.45) is 4.54. The van der Waals surface area contributed by atoms with E-state index in [-0.39, 0.29) is 11.7 Å². The van der Waals surface area contributed by atoms with E-state index in [2.05, 4.69) is 31.8 Å². The van der Waals surface area contributed by atoms with Crippen molar-refractivity contribution in [3.63, 3.8) is 0 Å². The van der Waals surface area contributed by atoms with E-state index in [4.69, 9.17) is 9.47 Å². The average Bonchev–Trinajstić information content (AvgIpc) is 2.98. The zero-order valence-corrected chi connectivity index (χ0v) is 22.9. The molecule has 2 N–H and O–H groups in total. The standard InChI is InChI=1S/C31H24BrN3O5/c1-39-27-15-10-23(11-16-27)31(38)40-28-17-12-25(32)19-24(28)20-33-35-30(37)22-8-13-26(14-9-22)34-29(36)18-7-21-5-3-2-4-6-21/h2-20H,1H3,(H,34,36)(H,35,37)/b18-7+,33-20-. The minimum atomic E-state index is -0.550. The van der Waals surface area contributed by atoms with Gasteiger partial charge in [-0.2, -0.15) is 5.10 Å². The SMILES string of the molecule is COc1ccc(C(=O)Oc2ccc(Br)cc2/C=N\NC(=O)c2ccc(NC(=O)/C=C/c3ccccc3)cc2)cc1. The number of hydrazone groups is 1. The van der Waals surface area contributed by atoms with Crippen LogP contribution in [0.3, 0.4) is 0 Å². The maximum Gasteiger partial charge on any atom is 0.343 e. The Kier molecular flexibility index (Phi) is 9.58. The maximum absolute atomic E-state index is 12.6. The molecule has 0 aliphatic heterocycles. The molecule has 2 amide bonds. The van der Waals surface area contributed by atoms with E-state index < -0.39 is 11.9 Å². The summed E-state index contributed by atoms with van der Waals surface area (Å²) in [4.78, 5) is 37.3. The number of nitrogens with one attached hydrogen (secondary N) is 2. The van der Waals surface area contributed by atoms with E-state index in [9.17, 15) is 14.4 Å². The third-order valence-electron chi connectivity index (χ3n) is 5.51. The molecule has 0 radical (unpaired) electrons. The highest BCUT2D eigenvalue weighted by atomic mass is 79.9. The van der Waals surface area contributed by atoms with Gasteiger partial charge in [-0.25, -0.2) is 10.2 Å². The molecule has 0 saturated heterocycles. The number of rotatable bonds is 9. The minimum absolute atomic E-state index is 0.267. The van der Waals surface area contributed by atoms with Crippen LogP contribution in [0.5, 0.6) is 11.5 Å². The molecule has 0 aliphatic rings. The lowest BCUT2D eigenvalue weighted by molar-refractivity contribution is -0.111. The van der Waals surface area contributed by atoms with Crippen molar-refractivity contribution in [1.29, 1.82) is 0 Å². The van der Waals surface area contributed by atoms with Crippen LogP contribution in [0, 0.1) is 0 Å². The van der Waals surface area contributed by atoms with E-state index >= 15 is 0 Å². The predicted octanol–water partition coefficient (Wildman–Crippen LogP) is 6.09. The first-order valence-corrected chi connectivity index (χ1v) is 12.8. The van der Waals surface area contributed by atoms with Gasteiger partial charge in [0.25, 0.3) is 5.91 Å². The minimum Gasteiger partial charge on any atom is -0.497 e. The Labute approximate surface area is 239 Å². The predicted molar refractivity (Wildman–Crippen MR) is 158 cm³/mol. The number of benzene rings is 4. The molecule has 200 valence electrons. The zero-order valence-electron chi connectivity index (χ0n) is 21.3. The zero-order chi connectivity index (χ0) is 28.3. The summed E-state index contributed by atoms with van der Waals surface area (Å²) in [5.74, 6) is -0.401. The van der Waals surface area contributed by atoms with Crippen molar-refractivity contribution in [3.05, 3.63) is 130 Å². The van der Waals surface area contributed by atoms with Crippen LogP contribution in [0.25, 0.3) is 6.08 Å². The molecule has 0 fully saturated rings. The van der Waals surface area contributed by atoms with Crippen molar-refractivity contribution in [2.45, 2.75) is 0 Å². The highest BCUT2D eigenvalue weighted by molar-refractivity contribution is 9.10. The van der Waals surface area contributed by atoms with Gasteiger partial charge in [-0.3, -0.25) is 9.59 Å². The average molecular weight is 598 g/mol. The fourth-order valence-electron chi connectivity index (χ4n) is 3.45. The number of nitrogens with zero attached hydrogens (tertiary/aromatic N) is 1. The van der Waals surface area contributed by atoms with E-state index in [0.717, 1.165) is 10.0 Å². The van der Waals surface area contributed by atoms with E-state index in [0.29, 0.717) is 28.1 Å².